The predicted octanol–water partition coefficient (Wildman–Crippen LogP) is 1.61. The van der Waals surface area contributed by atoms with Gasteiger partial charge in [-0.25, -0.2) is 4.99 Å². The Bertz CT molecular complexity index is 632. The van der Waals surface area contributed by atoms with Crippen molar-refractivity contribution in [3.8, 4) is 5.75 Å². The number of aliphatic imine (C=N–C) groups is 1. The molecule has 1 heterocycles. The number of carbonyl (C=O) groups is 1. The smallest absolute Gasteiger partial charge is 0.231 e. The number of amides is 1. The third-order valence-electron chi connectivity index (χ3n) is 4.29. The van der Waals surface area contributed by atoms with E-state index in [0.29, 0.717) is 24.2 Å². The number of nitrogens with zero attached hydrogens (tertiary/aromatic N) is 2. The maximum Gasteiger partial charge on any atom is 0.231 e. The molecule has 1 saturated heterocycles. The highest BCUT2D eigenvalue weighted by Gasteiger charge is 2.20. The molecule has 0 bridgehead atoms. The summed E-state index contributed by atoms with van der Waals surface area (Å²) in [5, 5.41) is 7.41. The highest BCUT2D eigenvalue weighted by Crippen LogP contribution is 2.18. The van der Waals surface area contributed by atoms with E-state index in [9.17, 15) is 4.79 Å². The largest absolute Gasteiger partial charge is 0.489 e. The van der Waals surface area contributed by atoms with Crippen LogP contribution in [0.25, 0.3) is 0 Å². The summed E-state index contributed by atoms with van der Waals surface area (Å²) in [6, 6.07) is 7.69. The summed E-state index contributed by atoms with van der Waals surface area (Å²) in [5.74, 6) is 1.25. The Balaban J connectivity index is 1.82. The van der Waals surface area contributed by atoms with Gasteiger partial charge in [0, 0.05) is 30.7 Å². The Morgan fingerprint density at radius 3 is 2.81 bits per heavy atom. The standard InChI is InChI=1S/C19H30ClN5O2/c1-3-22-19(24-16-7-9-25(10-8-16)13-18(21)26)23-12-14(2)27-17-6-4-5-15(20)11-17/h4-6,11,14,16H,3,7-10,12-13H2,1-2H3,(H2,21,26)(H2,22,23,24). The summed E-state index contributed by atoms with van der Waals surface area (Å²) in [5.41, 5.74) is 5.27. The first kappa shape index (κ1) is 21.3. The van der Waals surface area contributed by atoms with Gasteiger partial charge >= 0.3 is 0 Å². The number of halogens is 1. The Morgan fingerprint density at radius 2 is 2.19 bits per heavy atom. The van der Waals surface area contributed by atoms with Crippen LogP contribution in [0.3, 0.4) is 0 Å². The van der Waals surface area contributed by atoms with Crippen LogP contribution in [0.5, 0.6) is 5.75 Å². The number of piperidine rings is 1. The summed E-state index contributed by atoms with van der Waals surface area (Å²) in [6.07, 6.45) is 1.83. The molecule has 4 N–H and O–H groups in total. The molecule has 1 aromatic carbocycles. The molecular weight excluding hydrogens is 366 g/mol. The van der Waals surface area contributed by atoms with Gasteiger partial charge < -0.3 is 21.1 Å². The van der Waals surface area contributed by atoms with Crippen molar-refractivity contribution in [3.05, 3.63) is 29.3 Å². The van der Waals surface area contributed by atoms with Crippen LogP contribution in [-0.2, 0) is 4.79 Å². The second-order valence-electron chi connectivity index (χ2n) is 6.77. The minimum atomic E-state index is -0.273. The van der Waals surface area contributed by atoms with Crippen LogP contribution < -0.4 is 21.1 Å². The second-order valence-corrected chi connectivity index (χ2v) is 7.20. The first-order chi connectivity index (χ1) is 13.0. The number of benzene rings is 1. The van der Waals surface area contributed by atoms with Gasteiger partial charge in [-0.1, -0.05) is 17.7 Å². The molecule has 0 aromatic heterocycles. The van der Waals surface area contributed by atoms with Gasteiger partial charge in [-0.15, -0.1) is 0 Å². The van der Waals surface area contributed by atoms with E-state index >= 15 is 0 Å². The molecule has 1 aliphatic rings. The maximum absolute atomic E-state index is 11.0. The Morgan fingerprint density at radius 1 is 1.44 bits per heavy atom. The fourth-order valence-electron chi connectivity index (χ4n) is 3.00. The summed E-state index contributed by atoms with van der Waals surface area (Å²) in [4.78, 5) is 17.8. The summed E-state index contributed by atoms with van der Waals surface area (Å²) >= 11 is 5.99. The average molecular weight is 396 g/mol. The van der Waals surface area contributed by atoms with Crippen molar-refractivity contribution >= 4 is 23.5 Å². The van der Waals surface area contributed by atoms with Gasteiger partial charge in [0.1, 0.15) is 11.9 Å². The Hall–Kier alpha value is -1.99. The van der Waals surface area contributed by atoms with Gasteiger partial charge in [-0.3, -0.25) is 9.69 Å². The molecule has 0 saturated carbocycles. The monoisotopic (exact) mass is 395 g/mol. The summed E-state index contributed by atoms with van der Waals surface area (Å²) in [6.45, 7) is 7.38. The SMILES string of the molecule is CCNC(=NCC(C)Oc1cccc(Cl)c1)NC1CCN(CC(N)=O)CC1. The zero-order valence-corrected chi connectivity index (χ0v) is 16.8. The zero-order valence-electron chi connectivity index (χ0n) is 16.1. The molecule has 2 rings (SSSR count). The molecule has 150 valence electrons. The quantitative estimate of drug-likeness (QED) is 0.459. The van der Waals surface area contributed by atoms with E-state index in [1.807, 2.05) is 32.0 Å². The van der Waals surface area contributed by atoms with Crippen LogP contribution in [-0.4, -0.2) is 61.6 Å². The molecule has 1 aromatic rings. The van der Waals surface area contributed by atoms with Crippen molar-refractivity contribution in [2.24, 2.45) is 10.7 Å². The summed E-state index contributed by atoms with van der Waals surface area (Å²) in [7, 11) is 0. The van der Waals surface area contributed by atoms with Crippen LogP contribution >= 0.6 is 11.6 Å². The number of hydrogen-bond acceptors (Lipinski definition) is 4. The van der Waals surface area contributed by atoms with Gasteiger partial charge in [0.25, 0.3) is 0 Å². The van der Waals surface area contributed by atoms with Crippen molar-refractivity contribution in [2.75, 3.05) is 32.7 Å². The number of carbonyl (C=O) groups excluding carboxylic acids is 1. The lowest BCUT2D eigenvalue weighted by Gasteiger charge is -2.32. The van der Waals surface area contributed by atoms with Crippen LogP contribution in [0.4, 0.5) is 0 Å². The van der Waals surface area contributed by atoms with Crippen LogP contribution in [0, 0.1) is 0 Å². The van der Waals surface area contributed by atoms with E-state index < -0.39 is 0 Å². The number of ether oxygens (including phenoxy) is 1. The number of guanidine groups is 1. The van der Waals surface area contributed by atoms with Crippen molar-refractivity contribution < 1.29 is 9.53 Å². The second kappa shape index (κ2) is 11.0. The number of likely N-dealkylation sites (tertiary alicyclic amines) is 1. The van der Waals surface area contributed by atoms with E-state index in [1.165, 1.54) is 0 Å². The van der Waals surface area contributed by atoms with Crippen LogP contribution in [0.2, 0.25) is 5.02 Å². The molecule has 27 heavy (non-hydrogen) atoms. The van der Waals surface area contributed by atoms with Crippen LogP contribution in [0.1, 0.15) is 26.7 Å². The molecule has 1 unspecified atom stereocenters. The van der Waals surface area contributed by atoms with Crippen LogP contribution in [0.15, 0.2) is 29.3 Å². The number of nitrogens with two attached hydrogens (primary N) is 1. The maximum atomic E-state index is 11.0. The van der Waals surface area contributed by atoms with Gasteiger partial charge in [0.2, 0.25) is 5.91 Å². The molecular formula is C19H30ClN5O2. The molecule has 1 atom stereocenters. The predicted molar refractivity (Wildman–Crippen MR) is 109 cm³/mol. The highest BCUT2D eigenvalue weighted by atomic mass is 35.5. The van der Waals surface area contributed by atoms with E-state index in [2.05, 4.69) is 20.5 Å². The Labute approximate surface area is 166 Å². The van der Waals surface area contributed by atoms with Crippen molar-refractivity contribution in [2.45, 2.75) is 38.8 Å². The Kier molecular flexibility index (Phi) is 8.67. The summed E-state index contributed by atoms with van der Waals surface area (Å²) < 4.78 is 5.87. The minimum absolute atomic E-state index is 0.0728. The highest BCUT2D eigenvalue weighted by molar-refractivity contribution is 6.30. The van der Waals surface area contributed by atoms with Crippen molar-refractivity contribution in [3.63, 3.8) is 0 Å². The van der Waals surface area contributed by atoms with Crippen molar-refractivity contribution in [1.29, 1.82) is 0 Å². The number of primary amides is 1. The lowest BCUT2D eigenvalue weighted by molar-refractivity contribution is -0.119. The van der Waals surface area contributed by atoms with E-state index in [1.54, 1.807) is 6.07 Å². The number of rotatable bonds is 8. The fraction of sp³-hybridized carbons (Fsp3) is 0.579. The zero-order chi connectivity index (χ0) is 19.6. The molecule has 8 heteroatoms. The minimum Gasteiger partial charge on any atom is -0.489 e. The van der Waals surface area contributed by atoms with Gasteiger partial charge in [-0.05, 0) is 44.9 Å². The fourth-order valence-corrected chi connectivity index (χ4v) is 3.18. The van der Waals surface area contributed by atoms with Crippen molar-refractivity contribution in [1.82, 2.24) is 15.5 Å². The van der Waals surface area contributed by atoms with E-state index in [0.717, 1.165) is 44.2 Å². The third-order valence-corrected chi connectivity index (χ3v) is 4.53. The molecule has 0 aliphatic carbocycles. The number of nitrogens with one attached hydrogen (secondary N) is 2. The van der Waals surface area contributed by atoms with Gasteiger partial charge in [-0.2, -0.15) is 0 Å². The molecule has 1 fully saturated rings. The lowest BCUT2D eigenvalue weighted by Crippen LogP contribution is -2.50. The first-order valence-electron chi connectivity index (χ1n) is 9.44. The molecule has 1 aliphatic heterocycles. The molecule has 0 spiro atoms. The molecule has 7 nitrogen and oxygen atoms in total. The lowest BCUT2D eigenvalue weighted by atomic mass is 10.1. The van der Waals surface area contributed by atoms with E-state index in [-0.39, 0.29) is 12.0 Å². The van der Waals surface area contributed by atoms with Gasteiger partial charge in [0.15, 0.2) is 5.96 Å². The van der Waals surface area contributed by atoms with Gasteiger partial charge in [0.05, 0.1) is 13.1 Å². The number of hydrogen-bond donors (Lipinski definition) is 3. The van der Waals surface area contributed by atoms with E-state index in [4.69, 9.17) is 22.1 Å². The first-order valence-corrected chi connectivity index (χ1v) is 9.81. The average Bonchev–Trinajstić information content (AvgIpc) is 2.61. The third kappa shape index (κ3) is 8.05. The molecule has 0 radical (unpaired) electrons. The normalized spacial score (nSPS) is 17.4. The molecule has 1 amide bonds. The topological polar surface area (TPSA) is 92.0 Å².